The molecule has 2 heterocycles. The molecule has 2 aliphatic heterocycles. The van der Waals surface area contributed by atoms with Crippen LogP contribution in [0.15, 0.2) is 0 Å². The maximum absolute atomic E-state index is 5.89. The molecule has 2 saturated heterocycles. The Morgan fingerprint density at radius 1 is 1.43 bits per heavy atom. The van der Waals surface area contributed by atoms with Crippen LogP contribution in [0.3, 0.4) is 0 Å². The van der Waals surface area contributed by atoms with Gasteiger partial charge < -0.3 is 10.5 Å². The topological polar surface area (TPSA) is 35.2 Å². The van der Waals surface area contributed by atoms with Gasteiger partial charge in [-0.05, 0) is 44.3 Å². The first kappa shape index (κ1) is 10.8. The molecule has 0 radical (unpaired) electrons. The lowest BCUT2D eigenvalue weighted by Crippen LogP contribution is -2.32. The Bertz CT molecular complexity index is 174. The zero-order valence-corrected chi connectivity index (χ0v) is 9.65. The van der Waals surface area contributed by atoms with Crippen LogP contribution in [0.4, 0.5) is 0 Å². The van der Waals surface area contributed by atoms with Crippen molar-refractivity contribution in [1.82, 2.24) is 0 Å². The Morgan fingerprint density at radius 3 is 2.93 bits per heavy atom. The van der Waals surface area contributed by atoms with E-state index in [0.29, 0.717) is 10.9 Å². The molecule has 0 aromatic carbocycles. The van der Waals surface area contributed by atoms with E-state index in [9.17, 15) is 0 Å². The van der Waals surface area contributed by atoms with Crippen LogP contribution >= 0.6 is 11.8 Å². The Labute approximate surface area is 91.0 Å². The van der Waals surface area contributed by atoms with E-state index in [0.717, 1.165) is 13.2 Å². The first-order valence-corrected chi connectivity index (χ1v) is 6.79. The summed E-state index contributed by atoms with van der Waals surface area (Å²) in [4.78, 5) is 0. The number of rotatable bonds is 4. The minimum absolute atomic E-state index is 0.409. The number of ether oxygens (including phenoxy) is 1. The van der Waals surface area contributed by atoms with Crippen molar-refractivity contribution in [2.24, 2.45) is 5.73 Å². The molecule has 0 amide bonds. The summed E-state index contributed by atoms with van der Waals surface area (Å²) in [6, 6.07) is 0. The minimum Gasteiger partial charge on any atom is -0.378 e. The Hall–Kier alpha value is 0.270. The fraction of sp³-hybridized carbons (Fsp3) is 1.00. The molecular weight excluding hydrogens is 194 g/mol. The molecule has 2 rings (SSSR count). The summed E-state index contributed by atoms with van der Waals surface area (Å²) in [5.41, 5.74) is 5.89. The van der Waals surface area contributed by atoms with Crippen LogP contribution < -0.4 is 5.73 Å². The minimum atomic E-state index is 0.409. The Kier molecular flexibility index (Phi) is 3.74. The highest BCUT2D eigenvalue weighted by Gasteiger charge is 2.33. The number of nitrogens with two attached hydrogens (primary N) is 1. The molecule has 2 aliphatic rings. The van der Waals surface area contributed by atoms with Gasteiger partial charge in [0.05, 0.1) is 6.10 Å². The normalized spacial score (nSPS) is 37.9. The highest BCUT2D eigenvalue weighted by Crippen LogP contribution is 2.41. The van der Waals surface area contributed by atoms with Crippen molar-refractivity contribution in [2.75, 3.05) is 18.9 Å². The van der Waals surface area contributed by atoms with Crippen molar-refractivity contribution in [1.29, 1.82) is 0 Å². The van der Waals surface area contributed by atoms with Crippen LogP contribution in [0.2, 0.25) is 0 Å². The van der Waals surface area contributed by atoms with Gasteiger partial charge in [-0.15, -0.1) is 0 Å². The van der Waals surface area contributed by atoms with E-state index in [2.05, 4.69) is 11.8 Å². The Balaban J connectivity index is 1.76. The fourth-order valence-electron chi connectivity index (χ4n) is 2.51. The van der Waals surface area contributed by atoms with Gasteiger partial charge in [0.15, 0.2) is 0 Å². The number of hydrogen-bond donors (Lipinski definition) is 1. The van der Waals surface area contributed by atoms with Gasteiger partial charge in [0.1, 0.15) is 0 Å². The van der Waals surface area contributed by atoms with Gasteiger partial charge in [-0.1, -0.05) is 0 Å². The molecule has 14 heavy (non-hydrogen) atoms. The fourth-order valence-corrected chi connectivity index (χ4v) is 3.90. The van der Waals surface area contributed by atoms with E-state index in [-0.39, 0.29) is 0 Å². The van der Waals surface area contributed by atoms with Crippen LogP contribution in [0.1, 0.15) is 38.5 Å². The van der Waals surface area contributed by atoms with E-state index in [1.54, 1.807) is 0 Å². The monoisotopic (exact) mass is 215 g/mol. The van der Waals surface area contributed by atoms with E-state index in [4.69, 9.17) is 10.5 Å². The van der Waals surface area contributed by atoms with E-state index < -0.39 is 0 Å². The molecule has 0 bridgehead atoms. The molecule has 2 unspecified atom stereocenters. The maximum atomic E-state index is 5.89. The summed E-state index contributed by atoms with van der Waals surface area (Å²) in [6.45, 7) is 1.83. The summed E-state index contributed by atoms with van der Waals surface area (Å²) in [7, 11) is 0. The van der Waals surface area contributed by atoms with Crippen LogP contribution in [0.25, 0.3) is 0 Å². The second-order valence-corrected chi connectivity index (χ2v) is 6.08. The molecule has 0 saturated carbocycles. The van der Waals surface area contributed by atoms with Gasteiger partial charge >= 0.3 is 0 Å². The van der Waals surface area contributed by atoms with E-state index >= 15 is 0 Å². The second-order valence-electron chi connectivity index (χ2n) is 4.51. The van der Waals surface area contributed by atoms with Gasteiger partial charge in [-0.3, -0.25) is 0 Å². The quantitative estimate of drug-likeness (QED) is 0.780. The summed E-state index contributed by atoms with van der Waals surface area (Å²) < 4.78 is 6.06. The first-order chi connectivity index (χ1) is 6.85. The molecule has 3 heteroatoms. The zero-order valence-electron chi connectivity index (χ0n) is 8.84. The maximum Gasteiger partial charge on any atom is 0.0576 e. The zero-order chi connectivity index (χ0) is 9.86. The van der Waals surface area contributed by atoms with Crippen molar-refractivity contribution in [2.45, 2.75) is 49.4 Å². The third-order valence-electron chi connectivity index (χ3n) is 3.50. The van der Waals surface area contributed by atoms with Crippen LogP contribution in [-0.4, -0.2) is 29.8 Å². The lowest BCUT2D eigenvalue weighted by molar-refractivity contribution is 0.0997. The lowest BCUT2D eigenvalue weighted by atomic mass is 9.95. The van der Waals surface area contributed by atoms with E-state index in [1.807, 2.05) is 0 Å². The van der Waals surface area contributed by atoms with Crippen molar-refractivity contribution in [3.8, 4) is 0 Å². The van der Waals surface area contributed by atoms with Crippen molar-refractivity contribution < 1.29 is 4.74 Å². The molecule has 0 aromatic heterocycles. The largest absolute Gasteiger partial charge is 0.378 e. The predicted octanol–water partition coefficient (Wildman–Crippen LogP) is 2.17. The predicted molar refractivity (Wildman–Crippen MR) is 61.7 cm³/mol. The molecule has 82 valence electrons. The molecule has 0 aromatic rings. The van der Waals surface area contributed by atoms with Crippen molar-refractivity contribution in [3.63, 3.8) is 0 Å². The standard InChI is InChI=1S/C11H21NOS/c12-9-11(5-2-8-14-11)6-4-10-3-1-7-13-10/h10H,1-9,12H2. The molecule has 2 nitrogen and oxygen atoms in total. The average molecular weight is 215 g/mol. The molecule has 2 N–H and O–H groups in total. The van der Waals surface area contributed by atoms with Gasteiger partial charge in [-0.2, -0.15) is 11.8 Å². The number of thioether (sulfide) groups is 1. The van der Waals surface area contributed by atoms with Crippen LogP contribution in [0.5, 0.6) is 0 Å². The third kappa shape index (κ3) is 2.44. The molecule has 0 aliphatic carbocycles. The van der Waals surface area contributed by atoms with Crippen LogP contribution in [0, 0.1) is 0 Å². The summed E-state index contributed by atoms with van der Waals surface area (Å²) in [6.07, 6.45) is 8.23. The van der Waals surface area contributed by atoms with Gasteiger partial charge in [0.25, 0.3) is 0 Å². The molecule has 2 fully saturated rings. The molecular formula is C11H21NOS. The lowest BCUT2D eigenvalue weighted by Gasteiger charge is -2.27. The third-order valence-corrected chi connectivity index (χ3v) is 5.18. The van der Waals surface area contributed by atoms with Gasteiger partial charge in [0, 0.05) is 17.9 Å². The first-order valence-electron chi connectivity index (χ1n) is 5.80. The smallest absolute Gasteiger partial charge is 0.0576 e. The SMILES string of the molecule is NCC1(CCC2CCCO2)CCCS1. The van der Waals surface area contributed by atoms with Gasteiger partial charge in [0.2, 0.25) is 0 Å². The average Bonchev–Trinajstić information content (AvgIpc) is 2.87. The van der Waals surface area contributed by atoms with Crippen LogP contribution in [-0.2, 0) is 4.74 Å². The summed E-state index contributed by atoms with van der Waals surface area (Å²) in [5, 5.41) is 0. The summed E-state index contributed by atoms with van der Waals surface area (Å²) >= 11 is 2.09. The van der Waals surface area contributed by atoms with Gasteiger partial charge in [-0.25, -0.2) is 0 Å². The second kappa shape index (κ2) is 4.86. The van der Waals surface area contributed by atoms with Crippen molar-refractivity contribution in [3.05, 3.63) is 0 Å². The summed E-state index contributed by atoms with van der Waals surface area (Å²) in [5.74, 6) is 1.31. The highest BCUT2D eigenvalue weighted by molar-refractivity contribution is 8.00. The van der Waals surface area contributed by atoms with E-state index in [1.165, 1.54) is 44.3 Å². The molecule has 2 atom stereocenters. The highest BCUT2D eigenvalue weighted by atomic mass is 32.2. The van der Waals surface area contributed by atoms with Crippen molar-refractivity contribution >= 4 is 11.8 Å². The Morgan fingerprint density at radius 2 is 2.36 bits per heavy atom. The molecule has 0 spiro atoms. The number of hydrogen-bond acceptors (Lipinski definition) is 3.